The van der Waals surface area contributed by atoms with E-state index in [0.29, 0.717) is 30.4 Å². The van der Waals surface area contributed by atoms with Gasteiger partial charge < -0.3 is 20.1 Å². The summed E-state index contributed by atoms with van der Waals surface area (Å²) in [7, 11) is 0. The average molecular weight is 448 g/mol. The van der Waals surface area contributed by atoms with Gasteiger partial charge in [-0.05, 0) is 24.1 Å². The molecule has 0 unspecified atom stereocenters. The lowest BCUT2D eigenvalue weighted by atomic mass is 10.0. The van der Waals surface area contributed by atoms with Crippen molar-refractivity contribution in [2.45, 2.75) is 26.3 Å². The molecule has 1 atom stereocenters. The third-order valence-corrected chi connectivity index (χ3v) is 4.97. The molecule has 0 saturated carbocycles. The van der Waals surface area contributed by atoms with Crippen LogP contribution in [0.5, 0.6) is 11.5 Å². The van der Waals surface area contributed by atoms with E-state index in [2.05, 4.69) is 10.6 Å². The van der Waals surface area contributed by atoms with Gasteiger partial charge in [0, 0.05) is 30.3 Å². The van der Waals surface area contributed by atoms with E-state index in [1.54, 1.807) is 32.0 Å². The van der Waals surface area contributed by atoms with Crippen LogP contribution in [0.1, 0.15) is 30.6 Å². The molecule has 10 heteroatoms. The summed E-state index contributed by atoms with van der Waals surface area (Å²) < 4.78 is 11.2. The highest BCUT2D eigenvalue weighted by molar-refractivity contribution is 6.34. The van der Waals surface area contributed by atoms with Crippen LogP contribution in [-0.2, 0) is 4.79 Å². The Morgan fingerprint density at radius 1 is 1.10 bits per heavy atom. The van der Waals surface area contributed by atoms with Gasteiger partial charge in [0.1, 0.15) is 6.04 Å². The predicted octanol–water partition coefficient (Wildman–Crippen LogP) is 3.80. The number of nitro groups is 1. The molecule has 0 aromatic heterocycles. The molecule has 9 nitrogen and oxygen atoms in total. The Balaban J connectivity index is 1.73. The van der Waals surface area contributed by atoms with E-state index >= 15 is 0 Å². The molecular formula is C21H22ClN3O6. The van der Waals surface area contributed by atoms with E-state index in [1.165, 1.54) is 12.1 Å². The number of rotatable bonds is 6. The lowest BCUT2D eigenvalue weighted by Gasteiger charge is -2.22. The summed E-state index contributed by atoms with van der Waals surface area (Å²) in [5.74, 6) is -0.111. The maximum atomic E-state index is 12.9. The topological polar surface area (TPSA) is 120 Å². The number of hydrogen-bond acceptors (Lipinski definition) is 6. The zero-order valence-corrected chi connectivity index (χ0v) is 17.8. The maximum absolute atomic E-state index is 12.9. The second-order valence-corrected chi connectivity index (χ2v) is 7.72. The summed E-state index contributed by atoms with van der Waals surface area (Å²) in [6.07, 6.45) is 0.767. The molecule has 0 spiro atoms. The summed E-state index contributed by atoms with van der Waals surface area (Å²) >= 11 is 6.03. The van der Waals surface area contributed by atoms with Crippen LogP contribution in [0.2, 0.25) is 5.02 Å². The number of non-ortho nitro benzene ring substituents is 1. The van der Waals surface area contributed by atoms with Gasteiger partial charge in [-0.1, -0.05) is 25.4 Å². The first-order valence-corrected chi connectivity index (χ1v) is 10.1. The molecule has 2 amide bonds. The highest BCUT2D eigenvalue weighted by atomic mass is 35.5. The van der Waals surface area contributed by atoms with E-state index in [4.69, 9.17) is 21.1 Å². The number of nitrogens with one attached hydrogen (secondary N) is 2. The first-order chi connectivity index (χ1) is 14.8. The molecule has 0 aliphatic carbocycles. The van der Waals surface area contributed by atoms with E-state index in [0.717, 1.165) is 12.5 Å². The van der Waals surface area contributed by atoms with Crippen LogP contribution in [0.15, 0.2) is 36.4 Å². The average Bonchev–Trinajstić information content (AvgIpc) is 2.96. The van der Waals surface area contributed by atoms with Crippen molar-refractivity contribution in [1.82, 2.24) is 5.32 Å². The van der Waals surface area contributed by atoms with Gasteiger partial charge in [0.05, 0.1) is 28.7 Å². The number of benzene rings is 2. The Bertz CT molecular complexity index is 1010. The predicted molar refractivity (Wildman–Crippen MR) is 115 cm³/mol. The third-order valence-electron chi connectivity index (χ3n) is 4.66. The van der Waals surface area contributed by atoms with Gasteiger partial charge in [0.15, 0.2) is 11.5 Å². The number of fused-ring (bicyclic) bond motifs is 1. The molecule has 2 aromatic rings. The Hall–Kier alpha value is -3.33. The summed E-state index contributed by atoms with van der Waals surface area (Å²) in [6, 6.07) is 7.75. The maximum Gasteiger partial charge on any atom is 0.270 e. The second kappa shape index (κ2) is 9.65. The minimum absolute atomic E-state index is 0.0429. The van der Waals surface area contributed by atoms with Gasteiger partial charge in [-0.3, -0.25) is 19.7 Å². The van der Waals surface area contributed by atoms with Crippen LogP contribution in [-0.4, -0.2) is 36.0 Å². The number of ether oxygens (including phenoxy) is 2. The molecular weight excluding hydrogens is 426 g/mol. The molecule has 1 aliphatic rings. The molecule has 2 N–H and O–H groups in total. The van der Waals surface area contributed by atoms with Crippen LogP contribution in [0.25, 0.3) is 0 Å². The monoisotopic (exact) mass is 447 g/mol. The number of carbonyl (C=O) groups is 2. The Morgan fingerprint density at radius 2 is 1.81 bits per heavy atom. The fourth-order valence-electron chi connectivity index (χ4n) is 3.02. The number of hydrogen-bond donors (Lipinski definition) is 2. The molecule has 0 radical (unpaired) electrons. The minimum Gasteiger partial charge on any atom is -0.490 e. The van der Waals surface area contributed by atoms with Crippen molar-refractivity contribution in [2.75, 3.05) is 18.5 Å². The van der Waals surface area contributed by atoms with E-state index in [1.807, 2.05) is 0 Å². The van der Waals surface area contributed by atoms with E-state index in [9.17, 15) is 19.7 Å². The molecule has 2 aromatic carbocycles. The quantitative estimate of drug-likeness (QED) is 0.513. The smallest absolute Gasteiger partial charge is 0.270 e. The molecule has 31 heavy (non-hydrogen) atoms. The third kappa shape index (κ3) is 5.43. The first kappa shape index (κ1) is 22.4. The number of amides is 2. The van der Waals surface area contributed by atoms with Crippen molar-refractivity contribution >= 4 is 34.8 Å². The molecule has 164 valence electrons. The largest absolute Gasteiger partial charge is 0.490 e. The highest BCUT2D eigenvalue weighted by Crippen LogP contribution is 2.32. The standard InChI is InChI=1S/C21H22ClN3O6/c1-12(2)19(24-20(26)15-6-5-14(25(28)29)11-16(15)22)21(27)23-13-4-7-17-18(10-13)31-9-3-8-30-17/h4-7,10-12,19H,3,8-9H2,1-2H3,(H,23,27)(H,24,26)/t19-/m0/s1. The van der Waals surface area contributed by atoms with Gasteiger partial charge in [0.2, 0.25) is 5.91 Å². The molecule has 1 aliphatic heterocycles. The highest BCUT2D eigenvalue weighted by Gasteiger charge is 2.26. The van der Waals surface area contributed by atoms with Crippen molar-refractivity contribution in [1.29, 1.82) is 0 Å². The van der Waals surface area contributed by atoms with Crippen LogP contribution in [0, 0.1) is 16.0 Å². The Morgan fingerprint density at radius 3 is 2.45 bits per heavy atom. The molecule has 1 heterocycles. The van der Waals surface area contributed by atoms with Gasteiger partial charge >= 0.3 is 0 Å². The molecule has 3 rings (SSSR count). The SMILES string of the molecule is CC(C)[C@H](NC(=O)c1ccc([N+](=O)[O-])cc1Cl)C(=O)Nc1ccc2c(c1)OCCCO2. The zero-order chi connectivity index (χ0) is 22.5. The summed E-state index contributed by atoms with van der Waals surface area (Å²) in [4.78, 5) is 35.8. The number of nitro benzene ring substituents is 1. The lowest BCUT2D eigenvalue weighted by molar-refractivity contribution is -0.384. The summed E-state index contributed by atoms with van der Waals surface area (Å²) in [6.45, 7) is 4.66. The number of nitrogens with zero attached hydrogens (tertiary/aromatic N) is 1. The molecule has 0 fully saturated rings. The van der Waals surface area contributed by atoms with Crippen molar-refractivity contribution in [3.8, 4) is 11.5 Å². The number of carbonyl (C=O) groups excluding carboxylic acids is 2. The molecule has 0 saturated heterocycles. The van der Waals surface area contributed by atoms with Crippen molar-refractivity contribution in [3.63, 3.8) is 0 Å². The number of anilines is 1. The van der Waals surface area contributed by atoms with Crippen LogP contribution in [0.4, 0.5) is 11.4 Å². The van der Waals surface area contributed by atoms with E-state index in [-0.39, 0.29) is 22.2 Å². The Labute approximate surface area is 183 Å². The van der Waals surface area contributed by atoms with Gasteiger partial charge in [-0.25, -0.2) is 0 Å². The minimum atomic E-state index is -0.866. The van der Waals surface area contributed by atoms with Crippen molar-refractivity contribution in [2.24, 2.45) is 5.92 Å². The van der Waals surface area contributed by atoms with Crippen molar-refractivity contribution in [3.05, 3.63) is 57.1 Å². The lowest BCUT2D eigenvalue weighted by Crippen LogP contribution is -2.47. The fourth-order valence-corrected chi connectivity index (χ4v) is 3.28. The van der Waals surface area contributed by atoms with E-state index < -0.39 is 22.8 Å². The van der Waals surface area contributed by atoms with Crippen LogP contribution >= 0.6 is 11.6 Å². The van der Waals surface area contributed by atoms with Crippen LogP contribution < -0.4 is 20.1 Å². The summed E-state index contributed by atoms with van der Waals surface area (Å²) in [5.41, 5.74) is 0.318. The Kier molecular flexibility index (Phi) is 6.96. The van der Waals surface area contributed by atoms with Gasteiger partial charge in [0.25, 0.3) is 11.6 Å². The fraction of sp³-hybridized carbons (Fsp3) is 0.333. The van der Waals surface area contributed by atoms with Crippen LogP contribution in [0.3, 0.4) is 0 Å². The van der Waals surface area contributed by atoms with Crippen molar-refractivity contribution < 1.29 is 24.0 Å². The zero-order valence-electron chi connectivity index (χ0n) is 17.0. The number of halogens is 1. The second-order valence-electron chi connectivity index (χ2n) is 7.32. The summed E-state index contributed by atoms with van der Waals surface area (Å²) in [5, 5.41) is 16.2. The van der Waals surface area contributed by atoms with Gasteiger partial charge in [-0.2, -0.15) is 0 Å². The first-order valence-electron chi connectivity index (χ1n) is 9.71. The van der Waals surface area contributed by atoms with Gasteiger partial charge in [-0.15, -0.1) is 0 Å². The normalized spacial score (nSPS) is 13.8. The molecule has 0 bridgehead atoms.